The number of hydrogen-bond acceptors (Lipinski definition) is 1. The fourth-order valence-corrected chi connectivity index (χ4v) is 2.33. The monoisotopic (exact) mass is 238 g/mol. The van der Waals surface area contributed by atoms with Crippen LogP contribution < -0.4 is 4.74 Å². The molecule has 1 nitrogen and oxygen atoms in total. The minimum absolute atomic E-state index is 0.0811. The molecule has 0 saturated heterocycles. The Morgan fingerprint density at radius 1 is 1.31 bits per heavy atom. The third-order valence-corrected chi connectivity index (χ3v) is 4.41. The molecule has 88 valence electrons. The maximum absolute atomic E-state index is 6.19. The molecule has 2 rings (SSSR count). The van der Waals surface area contributed by atoms with E-state index in [1.54, 1.807) is 0 Å². The van der Waals surface area contributed by atoms with E-state index in [0.29, 0.717) is 0 Å². The largest absolute Gasteiger partial charge is 0.489 e. The standard InChI is InChI=1S/C14H19ClO/c1-9-5-6-10(2)11(7-9)16-13-8-12(15)14(13,3)4/h5-7,12-13H,8H2,1-4H3. The SMILES string of the molecule is Cc1ccc(C)c(OC2CC(Cl)C2(C)C)c1. The molecular weight excluding hydrogens is 220 g/mol. The van der Waals surface area contributed by atoms with Crippen LogP contribution in [0.25, 0.3) is 0 Å². The van der Waals surface area contributed by atoms with Crippen LogP contribution in [0.3, 0.4) is 0 Å². The molecule has 0 amide bonds. The number of rotatable bonds is 2. The van der Waals surface area contributed by atoms with Crippen molar-refractivity contribution in [3.8, 4) is 5.75 Å². The van der Waals surface area contributed by atoms with Crippen molar-refractivity contribution in [3.05, 3.63) is 29.3 Å². The summed E-state index contributed by atoms with van der Waals surface area (Å²) in [5.74, 6) is 1.00. The van der Waals surface area contributed by atoms with Gasteiger partial charge < -0.3 is 4.74 Å². The number of benzene rings is 1. The van der Waals surface area contributed by atoms with E-state index in [1.165, 1.54) is 11.1 Å². The fraction of sp³-hybridized carbons (Fsp3) is 0.571. The first-order valence-corrected chi connectivity index (χ1v) is 6.23. The van der Waals surface area contributed by atoms with Gasteiger partial charge in [0.1, 0.15) is 11.9 Å². The highest BCUT2D eigenvalue weighted by Crippen LogP contribution is 2.46. The fourth-order valence-electron chi connectivity index (χ4n) is 2.02. The van der Waals surface area contributed by atoms with Gasteiger partial charge in [0.05, 0.1) is 0 Å². The maximum atomic E-state index is 6.19. The Morgan fingerprint density at radius 2 is 2.00 bits per heavy atom. The topological polar surface area (TPSA) is 9.23 Å². The normalized spacial score (nSPS) is 27.3. The van der Waals surface area contributed by atoms with Crippen molar-refractivity contribution in [1.82, 2.24) is 0 Å². The first-order valence-electron chi connectivity index (χ1n) is 5.79. The van der Waals surface area contributed by atoms with Crippen LogP contribution in [0.15, 0.2) is 18.2 Å². The molecular formula is C14H19ClO. The Labute approximate surface area is 103 Å². The van der Waals surface area contributed by atoms with E-state index in [0.717, 1.165) is 12.2 Å². The van der Waals surface area contributed by atoms with E-state index in [-0.39, 0.29) is 16.9 Å². The van der Waals surface area contributed by atoms with Crippen molar-refractivity contribution in [1.29, 1.82) is 0 Å². The Morgan fingerprint density at radius 3 is 2.56 bits per heavy atom. The Hall–Kier alpha value is -0.690. The quantitative estimate of drug-likeness (QED) is 0.706. The van der Waals surface area contributed by atoms with Gasteiger partial charge in [0, 0.05) is 17.2 Å². The lowest BCUT2D eigenvalue weighted by molar-refractivity contribution is -0.0134. The van der Waals surface area contributed by atoms with Gasteiger partial charge in [-0.1, -0.05) is 26.0 Å². The molecule has 0 heterocycles. The van der Waals surface area contributed by atoms with Crippen LogP contribution >= 0.6 is 11.6 Å². The predicted octanol–water partition coefficient (Wildman–Crippen LogP) is 4.09. The molecule has 2 atom stereocenters. The summed E-state index contributed by atoms with van der Waals surface area (Å²) in [5.41, 5.74) is 2.51. The molecule has 16 heavy (non-hydrogen) atoms. The maximum Gasteiger partial charge on any atom is 0.122 e. The van der Waals surface area contributed by atoms with Gasteiger partial charge in [-0.2, -0.15) is 0 Å². The van der Waals surface area contributed by atoms with Crippen molar-refractivity contribution in [3.63, 3.8) is 0 Å². The average molecular weight is 239 g/mol. The summed E-state index contributed by atoms with van der Waals surface area (Å²) in [6.07, 6.45) is 1.19. The molecule has 1 saturated carbocycles. The summed E-state index contributed by atoms with van der Waals surface area (Å²) in [6.45, 7) is 8.51. The summed E-state index contributed by atoms with van der Waals surface area (Å²) >= 11 is 6.19. The van der Waals surface area contributed by atoms with Crippen LogP contribution in [0, 0.1) is 19.3 Å². The van der Waals surface area contributed by atoms with Gasteiger partial charge in [-0.25, -0.2) is 0 Å². The van der Waals surface area contributed by atoms with Gasteiger partial charge in [-0.15, -0.1) is 11.6 Å². The van der Waals surface area contributed by atoms with Gasteiger partial charge in [-0.3, -0.25) is 0 Å². The molecule has 0 N–H and O–H groups in total. The average Bonchev–Trinajstić information content (AvgIpc) is 2.23. The molecule has 1 aromatic carbocycles. The summed E-state index contributed by atoms with van der Waals surface area (Å²) in [4.78, 5) is 0. The lowest BCUT2D eigenvalue weighted by atomic mass is 9.68. The predicted molar refractivity (Wildman–Crippen MR) is 68.4 cm³/mol. The van der Waals surface area contributed by atoms with E-state index in [2.05, 4.69) is 45.9 Å². The van der Waals surface area contributed by atoms with Crippen molar-refractivity contribution >= 4 is 11.6 Å². The van der Waals surface area contributed by atoms with Crippen molar-refractivity contribution < 1.29 is 4.74 Å². The minimum atomic E-state index is 0.0811. The summed E-state index contributed by atoms with van der Waals surface area (Å²) in [6, 6.07) is 6.32. The van der Waals surface area contributed by atoms with Gasteiger partial charge in [0.2, 0.25) is 0 Å². The van der Waals surface area contributed by atoms with Crippen molar-refractivity contribution in [2.75, 3.05) is 0 Å². The molecule has 0 aliphatic heterocycles. The Kier molecular flexibility index (Phi) is 2.91. The van der Waals surface area contributed by atoms with Gasteiger partial charge in [-0.05, 0) is 31.0 Å². The van der Waals surface area contributed by atoms with Crippen LogP contribution in [-0.4, -0.2) is 11.5 Å². The van der Waals surface area contributed by atoms with E-state index in [9.17, 15) is 0 Å². The zero-order valence-corrected chi connectivity index (χ0v) is 11.1. The summed E-state index contributed by atoms with van der Waals surface area (Å²) in [5, 5.41) is 0.239. The zero-order chi connectivity index (χ0) is 11.9. The van der Waals surface area contributed by atoms with Gasteiger partial charge >= 0.3 is 0 Å². The number of halogens is 1. The summed E-state index contributed by atoms with van der Waals surface area (Å²) < 4.78 is 6.06. The Balaban J connectivity index is 2.13. The molecule has 2 unspecified atom stereocenters. The van der Waals surface area contributed by atoms with Crippen LogP contribution in [0.5, 0.6) is 5.75 Å². The Bertz CT molecular complexity index is 398. The number of aryl methyl sites for hydroxylation is 2. The summed E-state index contributed by atoms with van der Waals surface area (Å²) in [7, 11) is 0. The van der Waals surface area contributed by atoms with Gasteiger partial charge in [0.25, 0.3) is 0 Å². The lowest BCUT2D eigenvalue weighted by Crippen LogP contribution is -2.53. The second kappa shape index (κ2) is 3.96. The molecule has 1 aliphatic rings. The smallest absolute Gasteiger partial charge is 0.122 e. The molecule has 0 bridgehead atoms. The highest BCUT2D eigenvalue weighted by Gasteiger charge is 2.49. The minimum Gasteiger partial charge on any atom is -0.489 e. The molecule has 1 aromatic rings. The van der Waals surface area contributed by atoms with Crippen LogP contribution in [0.4, 0.5) is 0 Å². The number of ether oxygens (including phenoxy) is 1. The number of alkyl halides is 1. The second-order valence-corrected chi connectivity index (χ2v) is 5.93. The molecule has 0 aromatic heterocycles. The lowest BCUT2D eigenvalue weighted by Gasteiger charge is -2.48. The molecule has 2 heteroatoms. The second-order valence-electron chi connectivity index (χ2n) is 5.40. The van der Waals surface area contributed by atoms with Crippen LogP contribution in [0.2, 0.25) is 0 Å². The highest BCUT2D eigenvalue weighted by molar-refractivity contribution is 6.21. The zero-order valence-electron chi connectivity index (χ0n) is 10.4. The third kappa shape index (κ3) is 1.93. The van der Waals surface area contributed by atoms with E-state index in [4.69, 9.17) is 16.3 Å². The van der Waals surface area contributed by atoms with Gasteiger partial charge in [0.15, 0.2) is 0 Å². The molecule has 1 fully saturated rings. The third-order valence-electron chi connectivity index (χ3n) is 3.67. The van der Waals surface area contributed by atoms with E-state index in [1.807, 2.05) is 0 Å². The van der Waals surface area contributed by atoms with E-state index < -0.39 is 0 Å². The van der Waals surface area contributed by atoms with Crippen LogP contribution in [-0.2, 0) is 0 Å². The highest BCUT2D eigenvalue weighted by atomic mass is 35.5. The van der Waals surface area contributed by atoms with Crippen LogP contribution in [0.1, 0.15) is 31.4 Å². The first-order chi connectivity index (χ1) is 7.41. The first kappa shape index (κ1) is 11.8. The van der Waals surface area contributed by atoms with Crippen molar-refractivity contribution in [2.24, 2.45) is 5.41 Å². The van der Waals surface area contributed by atoms with E-state index >= 15 is 0 Å². The molecule has 1 aliphatic carbocycles. The van der Waals surface area contributed by atoms with Crippen molar-refractivity contribution in [2.45, 2.75) is 45.6 Å². The molecule has 0 spiro atoms. The molecule has 0 radical (unpaired) electrons. The number of hydrogen-bond donors (Lipinski definition) is 0.